The van der Waals surface area contributed by atoms with Gasteiger partial charge in [0.05, 0.1) is 0 Å². The molecule has 1 unspecified atom stereocenters. The Bertz CT molecular complexity index is 324. The van der Waals surface area contributed by atoms with Gasteiger partial charge in [-0.15, -0.1) is 0 Å². The standard InChI is InChI=1S/C13H16O/c1-2-10-6-8-11(9-7-10)12-4-3-5-13(12)14/h6-9,12H,2-5H2,1H3. The average molecular weight is 188 g/mol. The van der Waals surface area contributed by atoms with E-state index in [1.54, 1.807) is 0 Å². The summed E-state index contributed by atoms with van der Waals surface area (Å²) in [6, 6.07) is 8.52. The Hall–Kier alpha value is -1.11. The number of hydrogen-bond donors (Lipinski definition) is 0. The SMILES string of the molecule is CCc1ccc(C2CCCC2=O)cc1. The van der Waals surface area contributed by atoms with Gasteiger partial charge in [0.15, 0.2) is 0 Å². The molecule has 0 aromatic heterocycles. The van der Waals surface area contributed by atoms with Gasteiger partial charge in [-0.2, -0.15) is 0 Å². The van der Waals surface area contributed by atoms with Crippen LogP contribution in [0.2, 0.25) is 0 Å². The largest absolute Gasteiger partial charge is 0.299 e. The highest BCUT2D eigenvalue weighted by atomic mass is 16.1. The molecule has 1 aromatic rings. The van der Waals surface area contributed by atoms with Crippen LogP contribution in [0.25, 0.3) is 0 Å². The van der Waals surface area contributed by atoms with Crippen LogP contribution in [-0.2, 0) is 11.2 Å². The van der Waals surface area contributed by atoms with E-state index in [4.69, 9.17) is 0 Å². The van der Waals surface area contributed by atoms with Crippen LogP contribution >= 0.6 is 0 Å². The van der Waals surface area contributed by atoms with Crippen LogP contribution in [0.3, 0.4) is 0 Å². The Kier molecular flexibility index (Phi) is 2.67. The van der Waals surface area contributed by atoms with Gasteiger partial charge in [-0.1, -0.05) is 31.2 Å². The topological polar surface area (TPSA) is 17.1 Å². The molecule has 0 spiro atoms. The van der Waals surface area contributed by atoms with Gasteiger partial charge in [0.1, 0.15) is 5.78 Å². The van der Waals surface area contributed by atoms with Crippen molar-refractivity contribution in [2.45, 2.75) is 38.5 Å². The van der Waals surface area contributed by atoms with E-state index in [9.17, 15) is 4.79 Å². The lowest BCUT2D eigenvalue weighted by Crippen LogP contribution is -2.03. The van der Waals surface area contributed by atoms with E-state index in [-0.39, 0.29) is 5.92 Å². The summed E-state index contributed by atoms with van der Waals surface area (Å²) < 4.78 is 0. The predicted octanol–water partition coefficient (Wildman–Crippen LogP) is 3.09. The maximum absolute atomic E-state index is 11.5. The first kappa shape index (κ1) is 9.45. The fourth-order valence-electron chi connectivity index (χ4n) is 2.15. The summed E-state index contributed by atoms with van der Waals surface area (Å²) in [6.07, 6.45) is 3.96. The molecule has 1 aliphatic carbocycles. The highest BCUT2D eigenvalue weighted by Gasteiger charge is 2.25. The lowest BCUT2D eigenvalue weighted by atomic mass is 9.95. The zero-order valence-electron chi connectivity index (χ0n) is 8.62. The lowest BCUT2D eigenvalue weighted by Gasteiger charge is -2.08. The van der Waals surface area contributed by atoms with Crippen molar-refractivity contribution in [3.63, 3.8) is 0 Å². The van der Waals surface area contributed by atoms with E-state index in [0.717, 1.165) is 25.7 Å². The zero-order valence-corrected chi connectivity index (χ0v) is 8.62. The highest BCUT2D eigenvalue weighted by Crippen LogP contribution is 2.31. The van der Waals surface area contributed by atoms with Crippen molar-refractivity contribution in [3.05, 3.63) is 35.4 Å². The minimum absolute atomic E-state index is 0.195. The van der Waals surface area contributed by atoms with Crippen molar-refractivity contribution >= 4 is 5.78 Å². The number of rotatable bonds is 2. The Morgan fingerprint density at radius 2 is 2.00 bits per heavy atom. The average Bonchev–Trinajstić information content (AvgIpc) is 2.65. The van der Waals surface area contributed by atoms with Gasteiger partial charge in [0.25, 0.3) is 0 Å². The van der Waals surface area contributed by atoms with Crippen molar-refractivity contribution in [1.29, 1.82) is 0 Å². The molecule has 0 bridgehead atoms. The second-order valence-electron chi connectivity index (χ2n) is 4.01. The summed E-state index contributed by atoms with van der Waals surface area (Å²) in [5.41, 5.74) is 2.56. The fraction of sp³-hybridized carbons (Fsp3) is 0.462. The van der Waals surface area contributed by atoms with Crippen LogP contribution in [0.1, 0.15) is 43.2 Å². The van der Waals surface area contributed by atoms with Crippen LogP contribution in [-0.4, -0.2) is 5.78 Å². The van der Waals surface area contributed by atoms with Gasteiger partial charge in [0, 0.05) is 12.3 Å². The maximum atomic E-state index is 11.5. The lowest BCUT2D eigenvalue weighted by molar-refractivity contribution is -0.118. The van der Waals surface area contributed by atoms with E-state index in [1.165, 1.54) is 11.1 Å². The molecule has 1 atom stereocenters. The molecule has 0 saturated heterocycles. The van der Waals surface area contributed by atoms with E-state index >= 15 is 0 Å². The van der Waals surface area contributed by atoms with Crippen LogP contribution in [0, 0.1) is 0 Å². The summed E-state index contributed by atoms with van der Waals surface area (Å²) in [4.78, 5) is 11.5. The number of hydrogen-bond acceptors (Lipinski definition) is 1. The Labute approximate surface area is 85.1 Å². The maximum Gasteiger partial charge on any atom is 0.140 e. The summed E-state index contributed by atoms with van der Waals surface area (Å²) in [5.74, 6) is 0.621. The van der Waals surface area contributed by atoms with Crippen LogP contribution in [0.15, 0.2) is 24.3 Å². The first-order chi connectivity index (χ1) is 6.81. The number of carbonyl (C=O) groups excluding carboxylic acids is 1. The minimum Gasteiger partial charge on any atom is -0.299 e. The Morgan fingerprint density at radius 1 is 1.29 bits per heavy atom. The number of benzene rings is 1. The Morgan fingerprint density at radius 3 is 2.50 bits per heavy atom. The van der Waals surface area contributed by atoms with E-state index < -0.39 is 0 Å². The van der Waals surface area contributed by atoms with Gasteiger partial charge in [-0.25, -0.2) is 0 Å². The molecular weight excluding hydrogens is 172 g/mol. The molecule has 74 valence electrons. The molecule has 14 heavy (non-hydrogen) atoms. The van der Waals surface area contributed by atoms with Gasteiger partial charge in [-0.3, -0.25) is 4.79 Å². The molecule has 0 N–H and O–H groups in total. The summed E-state index contributed by atoms with van der Waals surface area (Å²) in [5, 5.41) is 0. The number of ketones is 1. The molecule has 1 fully saturated rings. The van der Waals surface area contributed by atoms with E-state index in [0.29, 0.717) is 5.78 Å². The predicted molar refractivity (Wildman–Crippen MR) is 57.4 cm³/mol. The smallest absolute Gasteiger partial charge is 0.140 e. The second kappa shape index (κ2) is 3.95. The molecule has 2 rings (SSSR count). The highest BCUT2D eigenvalue weighted by molar-refractivity contribution is 5.87. The van der Waals surface area contributed by atoms with Crippen molar-refractivity contribution in [1.82, 2.24) is 0 Å². The molecule has 1 heteroatoms. The summed E-state index contributed by atoms with van der Waals surface area (Å²) in [6.45, 7) is 2.15. The molecule has 1 aliphatic rings. The van der Waals surface area contributed by atoms with Crippen molar-refractivity contribution in [2.24, 2.45) is 0 Å². The van der Waals surface area contributed by atoms with Gasteiger partial charge in [-0.05, 0) is 30.4 Å². The quantitative estimate of drug-likeness (QED) is 0.697. The number of Topliss-reactive ketones (excluding diaryl/α,β-unsaturated/α-hetero) is 1. The number of aryl methyl sites for hydroxylation is 1. The van der Waals surface area contributed by atoms with Gasteiger partial charge >= 0.3 is 0 Å². The summed E-state index contributed by atoms with van der Waals surface area (Å²) >= 11 is 0. The molecule has 0 amide bonds. The van der Waals surface area contributed by atoms with E-state index in [2.05, 4.69) is 31.2 Å². The van der Waals surface area contributed by atoms with E-state index in [1.807, 2.05) is 0 Å². The third-order valence-electron chi connectivity index (χ3n) is 3.09. The van der Waals surface area contributed by atoms with Crippen molar-refractivity contribution < 1.29 is 4.79 Å². The van der Waals surface area contributed by atoms with Crippen LogP contribution in [0.5, 0.6) is 0 Å². The third kappa shape index (κ3) is 1.72. The first-order valence-corrected chi connectivity index (χ1v) is 5.43. The zero-order chi connectivity index (χ0) is 9.97. The summed E-state index contributed by atoms with van der Waals surface area (Å²) in [7, 11) is 0. The molecule has 1 saturated carbocycles. The third-order valence-corrected chi connectivity index (χ3v) is 3.09. The molecular formula is C13H16O. The Balaban J connectivity index is 2.20. The fourth-order valence-corrected chi connectivity index (χ4v) is 2.15. The van der Waals surface area contributed by atoms with Crippen LogP contribution in [0.4, 0.5) is 0 Å². The van der Waals surface area contributed by atoms with Crippen molar-refractivity contribution in [2.75, 3.05) is 0 Å². The molecule has 0 aliphatic heterocycles. The normalized spacial score (nSPS) is 21.5. The second-order valence-corrected chi connectivity index (χ2v) is 4.01. The molecule has 1 aromatic carbocycles. The number of carbonyl (C=O) groups is 1. The minimum atomic E-state index is 0.195. The van der Waals surface area contributed by atoms with Gasteiger partial charge in [0.2, 0.25) is 0 Å². The van der Waals surface area contributed by atoms with Gasteiger partial charge < -0.3 is 0 Å². The first-order valence-electron chi connectivity index (χ1n) is 5.43. The van der Waals surface area contributed by atoms with Crippen LogP contribution < -0.4 is 0 Å². The molecule has 0 heterocycles. The van der Waals surface area contributed by atoms with Crippen molar-refractivity contribution in [3.8, 4) is 0 Å². The molecule has 1 nitrogen and oxygen atoms in total. The molecule has 0 radical (unpaired) electrons. The monoisotopic (exact) mass is 188 g/mol.